The molecule has 0 spiro atoms. The van der Waals surface area contributed by atoms with Crippen molar-refractivity contribution in [3.63, 3.8) is 0 Å². The van der Waals surface area contributed by atoms with Crippen molar-refractivity contribution < 1.29 is 19.4 Å². The normalized spacial score (nSPS) is 20.2. The van der Waals surface area contributed by atoms with E-state index in [2.05, 4.69) is 78.9 Å². The van der Waals surface area contributed by atoms with Crippen LogP contribution in [-0.4, -0.2) is 35.7 Å². The van der Waals surface area contributed by atoms with E-state index in [4.69, 9.17) is 9.47 Å². The molecular weight excluding hydrogens is 586 g/mol. The number of amides is 2. The van der Waals surface area contributed by atoms with Crippen molar-refractivity contribution in [3.05, 3.63) is 149 Å². The molecule has 6 rings (SSSR count). The molecule has 1 aliphatic heterocycles. The smallest absolute Gasteiger partial charge is 0.319 e. The zero-order chi connectivity index (χ0) is 32.8. The van der Waals surface area contributed by atoms with Crippen LogP contribution in [0.5, 0.6) is 0 Å². The molecule has 1 heterocycles. The van der Waals surface area contributed by atoms with Crippen LogP contribution in [0.2, 0.25) is 0 Å². The third-order valence-corrected chi connectivity index (χ3v) is 9.25. The van der Waals surface area contributed by atoms with E-state index < -0.39 is 6.29 Å². The fourth-order valence-electron chi connectivity index (χ4n) is 6.17. The molecule has 2 amide bonds. The Kier molecular flexibility index (Phi) is 10.3. The highest BCUT2D eigenvalue weighted by atomic mass is 16.7. The number of benzene rings is 5. The second-order valence-corrected chi connectivity index (χ2v) is 12.5. The summed E-state index contributed by atoms with van der Waals surface area (Å²) in [5.41, 5.74) is 5.76. The molecule has 3 N–H and O–H groups in total. The molecule has 5 atom stereocenters. The lowest BCUT2D eigenvalue weighted by molar-refractivity contribution is -0.276. The predicted molar refractivity (Wildman–Crippen MR) is 187 cm³/mol. The number of hydrogen-bond donors (Lipinski definition) is 3. The maximum Gasteiger partial charge on any atom is 0.319 e. The molecule has 7 heteroatoms. The molecule has 0 aliphatic carbocycles. The van der Waals surface area contributed by atoms with Gasteiger partial charge in [-0.05, 0) is 65.2 Å². The minimum Gasteiger partial charge on any atom is -0.392 e. The van der Waals surface area contributed by atoms with E-state index in [1.54, 1.807) is 0 Å². The van der Waals surface area contributed by atoms with Crippen LogP contribution >= 0.6 is 0 Å². The molecule has 0 saturated carbocycles. The number of anilines is 1. The molecule has 1 aliphatic rings. The zero-order valence-corrected chi connectivity index (χ0v) is 27.2. The molecule has 1 saturated heterocycles. The standard InChI is InChI=1S/C40H43N3O4/c1-27-37(25-43(3)28(2)34-18-17-31-11-7-8-12-35(31)23-34)46-39(47-38(27)32-15-13-30(26-44)14-16-32)33-19-21-36(22-20-33)42-40(45)41-24-29-9-5-4-6-10-29/h4-23,27-28,37-39,44H,24-26H2,1-3H3,(H2,41,42,45)/t27-,28-,37+,38+,39+/m1/s1. The first-order chi connectivity index (χ1) is 22.9. The van der Waals surface area contributed by atoms with Crippen LogP contribution in [-0.2, 0) is 22.6 Å². The second kappa shape index (κ2) is 14.9. The Balaban J connectivity index is 1.17. The van der Waals surface area contributed by atoms with Gasteiger partial charge >= 0.3 is 6.03 Å². The van der Waals surface area contributed by atoms with Crippen LogP contribution in [0.25, 0.3) is 10.8 Å². The van der Waals surface area contributed by atoms with Crippen molar-refractivity contribution in [1.82, 2.24) is 10.2 Å². The summed E-state index contributed by atoms with van der Waals surface area (Å²) in [5, 5.41) is 17.9. The Morgan fingerprint density at radius 1 is 0.809 bits per heavy atom. The topological polar surface area (TPSA) is 83.1 Å². The van der Waals surface area contributed by atoms with Gasteiger partial charge in [0.2, 0.25) is 0 Å². The number of carbonyl (C=O) groups is 1. The van der Waals surface area contributed by atoms with Crippen LogP contribution < -0.4 is 10.6 Å². The van der Waals surface area contributed by atoms with Gasteiger partial charge in [0.15, 0.2) is 6.29 Å². The third-order valence-electron chi connectivity index (χ3n) is 9.25. The number of ether oxygens (including phenoxy) is 2. The van der Waals surface area contributed by atoms with Gasteiger partial charge < -0.3 is 25.2 Å². The molecular formula is C40H43N3O4. The van der Waals surface area contributed by atoms with Crippen LogP contribution in [0.4, 0.5) is 10.5 Å². The van der Waals surface area contributed by atoms with Crippen molar-refractivity contribution in [2.45, 2.75) is 51.5 Å². The average molecular weight is 630 g/mol. The third kappa shape index (κ3) is 7.89. The number of aliphatic hydroxyl groups excluding tert-OH is 1. The molecule has 7 nitrogen and oxygen atoms in total. The molecule has 5 aromatic rings. The second-order valence-electron chi connectivity index (χ2n) is 12.5. The number of likely N-dealkylation sites (N-methyl/N-ethyl adjacent to an activating group) is 1. The summed E-state index contributed by atoms with van der Waals surface area (Å²) >= 11 is 0. The Morgan fingerprint density at radius 2 is 1.49 bits per heavy atom. The van der Waals surface area contributed by atoms with Gasteiger partial charge in [-0.1, -0.05) is 110 Å². The lowest BCUT2D eigenvalue weighted by Gasteiger charge is -2.43. The highest BCUT2D eigenvalue weighted by Crippen LogP contribution is 2.42. The number of rotatable bonds is 10. The highest BCUT2D eigenvalue weighted by Gasteiger charge is 2.39. The summed E-state index contributed by atoms with van der Waals surface area (Å²) in [6.45, 7) is 5.57. The van der Waals surface area contributed by atoms with Gasteiger partial charge in [0.05, 0.1) is 18.8 Å². The maximum absolute atomic E-state index is 12.5. The van der Waals surface area contributed by atoms with Gasteiger partial charge in [-0.25, -0.2) is 4.79 Å². The van der Waals surface area contributed by atoms with E-state index in [1.165, 1.54) is 16.3 Å². The Labute approximate surface area is 277 Å². The van der Waals surface area contributed by atoms with E-state index >= 15 is 0 Å². The summed E-state index contributed by atoms with van der Waals surface area (Å²) in [4.78, 5) is 14.9. The van der Waals surface area contributed by atoms with E-state index in [0.29, 0.717) is 18.8 Å². The molecule has 1 fully saturated rings. The fourth-order valence-corrected chi connectivity index (χ4v) is 6.17. The predicted octanol–water partition coefficient (Wildman–Crippen LogP) is 8.14. The maximum atomic E-state index is 12.5. The quantitative estimate of drug-likeness (QED) is 0.145. The average Bonchev–Trinajstić information content (AvgIpc) is 3.12. The van der Waals surface area contributed by atoms with E-state index in [-0.39, 0.29) is 36.8 Å². The van der Waals surface area contributed by atoms with E-state index in [9.17, 15) is 9.90 Å². The number of fused-ring (bicyclic) bond motifs is 1. The van der Waals surface area contributed by atoms with Crippen LogP contribution in [0.1, 0.15) is 60.1 Å². The highest BCUT2D eigenvalue weighted by molar-refractivity contribution is 5.89. The number of nitrogens with zero attached hydrogens (tertiary/aromatic N) is 1. The summed E-state index contributed by atoms with van der Waals surface area (Å²) in [5.74, 6) is 0.0618. The first kappa shape index (κ1) is 32.4. The van der Waals surface area contributed by atoms with Crippen molar-refractivity contribution in [2.24, 2.45) is 5.92 Å². The summed E-state index contributed by atoms with van der Waals surface area (Å²) in [6.07, 6.45) is -0.924. The Bertz CT molecular complexity index is 1760. The van der Waals surface area contributed by atoms with E-state index in [0.717, 1.165) is 22.3 Å². The van der Waals surface area contributed by atoms with Gasteiger partial charge in [0.25, 0.3) is 0 Å². The van der Waals surface area contributed by atoms with Crippen molar-refractivity contribution >= 4 is 22.5 Å². The van der Waals surface area contributed by atoms with Gasteiger partial charge in [0.1, 0.15) is 0 Å². The SMILES string of the molecule is C[C@@H]1[C@H](CN(C)[C@H](C)c2ccc3ccccc3c2)O[C@H](c2ccc(NC(=O)NCc3ccccc3)cc2)O[C@@H]1c1ccc(CO)cc1. The molecule has 47 heavy (non-hydrogen) atoms. The molecule has 5 aromatic carbocycles. The monoisotopic (exact) mass is 629 g/mol. The number of carbonyl (C=O) groups excluding carboxylic acids is 1. The van der Waals surface area contributed by atoms with Crippen LogP contribution in [0, 0.1) is 5.92 Å². The van der Waals surface area contributed by atoms with Crippen molar-refractivity contribution in [2.75, 3.05) is 18.9 Å². The lowest BCUT2D eigenvalue weighted by atomic mass is 9.89. The largest absolute Gasteiger partial charge is 0.392 e. The molecule has 0 radical (unpaired) electrons. The Morgan fingerprint density at radius 3 is 2.21 bits per heavy atom. The summed E-state index contributed by atoms with van der Waals surface area (Å²) in [7, 11) is 2.15. The summed E-state index contributed by atoms with van der Waals surface area (Å²) in [6, 6.07) is 40.4. The van der Waals surface area contributed by atoms with Gasteiger partial charge in [-0.2, -0.15) is 0 Å². The van der Waals surface area contributed by atoms with Gasteiger partial charge in [-0.3, -0.25) is 4.90 Å². The lowest BCUT2D eigenvalue weighted by Crippen LogP contribution is -2.44. The van der Waals surface area contributed by atoms with Gasteiger partial charge in [0, 0.05) is 36.3 Å². The van der Waals surface area contributed by atoms with Crippen LogP contribution in [0.3, 0.4) is 0 Å². The van der Waals surface area contributed by atoms with Crippen molar-refractivity contribution in [3.8, 4) is 0 Å². The van der Waals surface area contributed by atoms with Crippen molar-refractivity contribution in [1.29, 1.82) is 0 Å². The van der Waals surface area contributed by atoms with E-state index in [1.807, 2.05) is 78.9 Å². The number of urea groups is 1. The fraction of sp³-hybridized carbons (Fsp3) is 0.275. The summed E-state index contributed by atoms with van der Waals surface area (Å²) < 4.78 is 13.4. The number of hydrogen-bond acceptors (Lipinski definition) is 5. The molecule has 0 unspecified atom stereocenters. The Hall–Kier alpha value is -4.53. The number of nitrogens with one attached hydrogen (secondary N) is 2. The first-order valence-corrected chi connectivity index (χ1v) is 16.3. The number of aliphatic hydroxyl groups is 1. The minimum absolute atomic E-state index is 0.00215. The molecule has 0 aromatic heterocycles. The zero-order valence-electron chi connectivity index (χ0n) is 27.2. The van der Waals surface area contributed by atoms with Gasteiger partial charge in [-0.15, -0.1) is 0 Å². The minimum atomic E-state index is -0.593. The first-order valence-electron chi connectivity index (χ1n) is 16.3. The molecule has 0 bridgehead atoms. The molecule has 242 valence electrons. The van der Waals surface area contributed by atoms with Crippen LogP contribution in [0.15, 0.2) is 121 Å².